The number of aliphatic hydroxyl groups is 1. The summed E-state index contributed by atoms with van der Waals surface area (Å²) in [5, 5.41) is 11.3. The van der Waals surface area contributed by atoms with Gasteiger partial charge in [-0.1, -0.05) is 29.3 Å². The Balaban J connectivity index is 2.63. The van der Waals surface area contributed by atoms with E-state index in [0.29, 0.717) is 20.0 Å². The molecule has 1 heterocycles. The number of alkyl halides is 3. The molecule has 0 saturated heterocycles. The van der Waals surface area contributed by atoms with Crippen molar-refractivity contribution in [2.45, 2.75) is 57.3 Å². The van der Waals surface area contributed by atoms with Gasteiger partial charge in [-0.2, -0.15) is 17.9 Å². The standard InChI is InChI=1S/C22H27Cl2F3N4O5S2/c1-6-31(7-2)20(33)16-17(37-19(29-16)18(32)28-10-21(4,5)34)12-8-9-13(15(24)14(12)23)38(35,36)30-11(3)22(25,26)27/h8-9,11,30,34H,6-7,10H2,1-5H3,(H,28,32)/t11-/m0/s1. The third-order valence-corrected chi connectivity index (χ3v) is 8.82. The highest BCUT2D eigenvalue weighted by Gasteiger charge is 2.39. The maximum Gasteiger partial charge on any atom is 0.404 e. The van der Waals surface area contributed by atoms with E-state index in [0.717, 1.165) is 17.4 Å². The van der Waals surface area contributed by atoms with Crippen LogP contribution < -0.4 is 10.0 Å². The van der Waals surface area contributed by atoms with E-state index in [4.69, 9.17) is 23.2 Å². The Kier molecular flexibility index (Phi) is 10.2. The van der Waals surface area contributed by atoms with Gasteiger partial charge in [-0.05, 0) is 40.7 Å². The summed E-state index contributed by atoms with van der Waals surface area (Å²) in [4.78, 5) is 30.9. The quantitative estimate of drug-likeness (QED) is 0.363. The van der Waals surface area contributed by atoms with Gasteiger partial charge in [-0.25, -0.2) is 13.4 Å². The van der Waals surface area contributed by atoms with Gasteiger partial charge in [0.25, 0.3) is 11.8 Å². The Labute approximate surface area is 232 Å². The van der Waals surface area contributed by atoms with Crippen LogP contribution in [0.25, 0.3) is 10.4 Å². The maximum atomic E-state index is 13.2. The molecule has 212 valence electrons. The number of nitrogens with zero attached hydrogens (tertiary/aromatic N) is 2. The van der Waals surface area contributed by atoms with Crippen molar-refractivity contribution in [2.75, 3.05) is 19.6 Å². The Bertz CT molecular complexity index is 1310. The number of rotatable bonds is 10. The van der Waals surface area contributed by atoms with Crippen molar-refractivity contribution in [3.8, 4) is 10.4 Å². The summed E-state index contributed by atoms with van der Waals surface area (Å²) in [7, 11) is -4.73. The molecule has 38 heavy (non-hydrogen) atoms. The number of carbonyl (C=O) groups is 2. The van der Waals surface area contributed by atoms with Crippen molar-refractivity contribution >= 4 is 56.4 Å². The first kappa shape index (κ1) is 32.2. The zero-order valence-electron chi connectivity index (χ0n) is 21.0. The molecule has 0 bridgehead atoms. The second-order valence-corrected chi connectivity index (χ2v) is 12.2. The Morgan fingerprint density at radius 2 is 1.74 bits per heavy atom. The van der Waals surface area contributed by atoms with Gasteiger partial charge in [0.2, 0.25) is 10.0 Å². The van der Waals surface area contributed by atoms with Crippen molar-refractivity contribution in [1.82, 2.24) is 19.9 Å². The van der Waals surface area contributed by atoms with Crippen molar-refractivity contribution < 1.29 is 36.3 Å². The van der Waals surface area contributed by atoms with Gasteiger partial charge in [0.1, 0.15) is 16.6 Å². The minimum absolute atomic E-state index is 0.0500. The van der Waals surface area contributed by atoms with E-state index in [1.54, 1.807) is 13.8 Å². The normalized spacial score (nSPS) is 13.3. The summed E-state index contributed by atoms with van der Waals surface area (Å²) < 4.78 is 65.5. The van der Waals surface area contributed by atoms with Crippen LogP contribution >= 0.6 is 34.5 Å². The fourth-order valence-electron chi connectivity index (χ4n) is 3.06. The molecule has 0 saturated carbocycles. The lowest BCUT2D eigenvalue weighted by atomic mass is 10.1. The molecule has 2 rings (SSSR count). The summed E-state index contributed by atoms with van der Waals surface area (Å²) in [6.45, 7) is 7.61. The molecule has 0 spiro atoms. The Morgan fingerprint density at radius 1 is 1.16 bits per heavy atom. The molecule has 0 aliphatic heterocycles. The van der Waals surface area contributed by atoms with E-state index in [1.165, 1.54) is 29.5 Å². The SMILES string of the molecule is CCN(CC)C(=O)c1nc(C(=O)NCC(C)(C)O)sc1-c1ccc(S(=O)(=O)N[C@@H](C)C(F)(F)F)c(Cl)c1Cl. The lowest BCUT2D eigenvalue weighted by Gasteiger charge is -2.19. The first-order valence-corrected chi connectivity index (χ1v) is 14.3. The van der Waals surface area contributed by atoms with Crippen LogP contribution in [0, 0.1) is 0 Å². The lowest BCUT2D eigenvalue weighted by molar-refractivity contribution is -0.147. The molecule has 1 aromatic carbocycles. The smallest absolute Gasteiger partial charge is 0.389 e. The highest BCUT2D eigenvalue weighted by atomic mass is 35.5. The average Bonchev–Trinajstić information content (AvgIpc) is 3.23. The van der Waals surface area contributed by atoms with E-state index < -0.39 is 49.6 Å². The zero-order chi connectivity index (χ0) is 29.2. The predicted octanol–water partition coefficient (Wildman–Crippen LogP) is 4.33. The molecule has 3 N–H and O–H groups in total. The average molecular weight is 620 g/mol. The summed E-state index contributed by atoms with van der Waals surface area (Å²) in [5.74, 6) is -1.21. The summed E-state index contributed by atoms with van der Waals surface area (Å²) in [6.07, 6.45) is -4.84. The number of hydrogen-bond acceptors (Lipinski definition) is 7. The lowest BCUT2D eigenvalue weighted by Crippen LogP contribution is -2.43. The highest BCUT2D eigenvalue weighted by molar-refractivity contribution is 7.89. The van der Waals surface area contributed by atoms with Gasteiger partial charge >= 0.3 is 6.18 Å². The van der Waals surface area contributed by atoms with E-state index in [1.807, 2.05) is 0 Å². The van der Waals surface area contributed by atoms with Gasteiger partial charge in [0, 0.05) is 25.2 Å². The molecule has 16 heteroatoms. The molecule has 1 aromatic heterocycles. The summed E-state index contributed by atoms with van der Waals surface area (Å²) >= 11 is 13.4. The second-order valence-electron chi connectivity index (χ2n) is 8.79. The maximum absolute atomic E-state index is 13.2. The number of amides is 2. The molecule has 9 nitrogen and oxygen atoms in total. The second kappa shape index (κ2) is 12.0. The minimum atomic E-state index is -4.84. The third kappa shape index (κ3) is 7.57. The van der Waals surface area contributed by atoms with Crippen LogP contribution in [0.2, 0.25) is 10.0 Å². The summed E-state index contributed by atoms with van der Waals surface area (Å²) in [5.41, 5.74) is -1.32. The number of benzene rings is 1. The number of aromatic nitrogens is 1. The van der Waals surface area contributed by atoms with Crippen LogP contribution in [0.1, 0.15) is 54.9 Å². The third-order valence-electron chi connectivity index (χ3n) is 5.16. The minimum Gasteiger partial charge on any atom is -0.389 e. The fraction of sp³-hybridized carbons (Fsp3) is 0.500. The first-order valence-electron chi connectivity index (χ1n) is 11.2. The van der Waals surface area contributed by atoms with Crippen LogP contribution in [0.4, 0.5) is 13.2 Å². The van der Waals surface area contributed by atoms with Crippen LogP contribution in [-0.4, -0.2) is 72.7 Å². The molecule has 2 amide bonds. The van der Waals surface area contributed by atoms with Gasteiger partial charge in [-0.15, -0.1) is 11.3 Å². The number of nitrogens with one attached hydrogen (secondary N) is 2. The van der Waals surface area contributed by atoms with Crippen LogP contribution in [-0.2, 0) is 10.0 Å². The number of carbonyl (C=O) groups excluding carboxylic acids is 2. The molecule has 2 aromatic rings. The van der Waals surface area contributed by atoms with E-state index in [9.17, 15) is 36.3 Å². The van der Waals surface area contributed by atoms with E-state index >= 15 is 0 Å². The van der Waals surface area contributed by atoms with Crippen LogP contribution in [0.15, 0.2) is 17.0 Å². The first-order chi connectivity index (χ1) is 17.3. The van der Waals surface area contributed by atoms with E-state index in [-0.39, 0.29) is 32.7 Å². The molecule has 0 aliphatic rings. The molecular weight excluding hydrogens is 592 g/mol. The van der Waals surface area contributed by atoms with Gasteiger partial charge in [-0.3, -0.25) is 9.59 Å². The van der Waals surface area contributed by atoms with Crippen molar-refractivity contribution in [1.29, 1.82) is 0 Å². The van der Waals surface area contributed by atoms with Crippen molar-refractivity contribution in [3.63, 3.8) is 0 Å². The van der Waals surface area contributed by atoms with Crippen LogP contribution in [0.5, 0.6) is 0 Å². The van der Waals surface area contributed by atoms with Crippen LogP contribution in [0.3, 0.4) is 0 Å². The Hall–Kier alpha value is -1.97. The van der Waals surface area contributed by atoms with Gasteiger partial charge in [0.05, 0.1) is 20.5 Å². The topological polar surface area (TPSA) is 129 Å². The molecular formula is C22H27Cl2F3N4O5S2. The zero-order valence-corrected chi connectivity index (χ0v) is 24.2. The number of hydrogen-bond donors (Lipinski definition) is 3. The fourth-order valence-corrected chi connectivity index (χ4v) is 6.21. The largest absolute Gasteiger partial charge is 0.404 e. The molecule has 0 unspecified atom stereocenters. The van der Waals surface area contributed by atoms with Crippen molar-refractivity contribution in [3.05, 3.63) is 32.9 Å². The number of thiazole rings is 1. The number of sulfonamides is 1. The molecule has 0 aliphatic carbocycles. The monoisotopic (exact) mass is 618 g/mol. The molecule has 0 fully saturated rings. The van der Waals surface area contributed by atoms with Gasteiger partial charge in [0.15, 0.2) is 5.01 Å². The Morgan fingerprint density at radius 3 is 2.24 bits per heavy atom. The summed E-state index contributed by atoms with van der Waals surface area (Å²) in [6, 6.07) is -0.271. The molecule has 1 atom stereocenters. The highest BCUT2D eigenvalue weighted by Crippen LogP contribution is 2.42. The van der Waals surface area contributed by atoms with E-state index in [2.05, 4.69) is 10.3 Å². The number of halogens is 5. The molecule has 0 radical (unpaired) electrons. The predicted molar refractivity (Wildman–Crippen MR) is 139 cm³/mol. The van der Waals surface area contributed by atoms with Gasteiger partial charge < -0.3 is 15.3 Å². The van der Waals surface area contributed by atoms with Crippen molar-refractivity contribution in [2.24, 2.45) is 0 Å².